The van der Waals surface area contributed by atoms with Crippen LogP contribution in [0.4, 0.5) is 5.69 Å². The predicted octanol–water partition coefficient (Wildman–Crippen LogP) is 2.57. The molecule has 1 aliphatic heterocycles. The van der Waals surface area contributed by atoms with Gasteiger partial charge in [-0.1, -0.05) is 42.5 Å². The highest BCUT2D eigenvalue weighted by Gasteiger charge is 2.26. The summed E-state index contributed by atoms with van der Waals surface area (Å²) in [5, 5.41) is 5.49. The predicted molar refractivity (Wildman–Crippen MR) is 81.7 cm³/mol. The Labute approximate surface area is 123 Å². The zero-order valence-electron chi connectivity index (χ0n) is 11.5. The molecule has 4 heteroatoms. The molecule has 0 aromatic heterocycles. The number of benzene rings is 2. The van der Waals surface area contributed by atoms with Crippen LogP contribution in [0.25, 0.3) is 11.1 Å². The van der Waals surface area contributed by atoms with Gasteiger partial charge in [-0.2, -0.15) is 0 Å². The third-order valence-corrected chi connectivity index (χ3v) is 3.57. The summed E-state index contributed by atoms with van der Waals surface area (Å²) in [5.41, 5.74) is 2.97. The summed E-state index contributed by atoms with van der Waals surface area (Å²) in [5.74, 6) is -0.220. The van der Waals surface area contributed by atoms with Gasteiger partial charge in [-0.25, -0.2) is 0 Å². The van der Waals surface area contributed by atoms with E-state index in [1.54, 1.807) is 0 Å². The van der Waals surface area contributed by atoms with Crippen LogP contribution in [0.2, 0.25) is 0 Å². The van der Waals surface area contributed by atoms with E-state index < -0.39 is 6.04 Å². The smallest absolute Gasteiger partial charge is 0.246 e. The van der Waals surface area contributed by atoms with E-state index in [0.29, 0.717) is 12.8 Å². The van der Waals surface area contributed by atoms with Crippen LogP contribution in [0, 0.1) is 0 Å². The number of hydrogen-bond acceptors (Lipinski definition) is 2. The molecule has 3 rings (SSSR count). The fourth-order valence-corrected chi connectivity index (χ4v) is 2.42. The normalized spacial score (nSPS) is 17.3. The van der Waals surface area contributed by atoms with E-state index in [4.69, 9.17) is 0 Å². The Bertz CT molecular complexity index is 650. The van der Waals surface area contributed by atoms with Crippen molar-refractivity contribution in [3.8, 4) is 11.1 Å². The van der Waals surface area contributed by atoms with Crippen LogP contribution in [0.5, 0.6) is 0 Å². The molecule has 2 N–H and O–H groups in total. The van der Waals surface area contributed by atoms with Gasteiger partial charge >= 0.3 is 0 Å². The molecule has 0 radical (unpaired) electrons. The monoisotopic (exact) mass is 280 g/mol. The fraction of sp³-hybridized carbons (Fsp3) is 0.176. The van der Waals surface area contributed by atoms with Crippen molar-refractivity contribution in [2.75, 3.05) is 5.32 Å². The molecule has 0 saturated carbocycles. The highest BCUT2D eigenvalue weighted by Crippen LogP contribution is 2.21. The van der Waals surface area contributed by atoms with Gasteiger partial charge in [0.2, 0.25) is 11.8 Å². The van der Waals surface area contributed by atoms with Crippen LogP contribution in [0.3, 0.4) is 0 Å². The minimum absolute atomic E-state index is 0.0606. The van der Waals surface area contributed by atoms with Gasteiger partial charge in [0.1, 0.15) is 6.04 Å². The van der Waals surface area contributed by atoms with Crippen molar-refractivity contribution in [1.29, 1.82) is 0 Å². The Morgan fingerprint density at radius 3 is 2.29 bits per heavy atom. The van der Waals surface area contributed by atoms with E-state index in [9.17, 15) is 9.59 Å². The van der Waals surface area contributed by atoms with Crippen molar-refractivity contribution in [2.45, 2.75) is 18.9 Å². The van der Waals surface area contributed by atoms with Gasteiger partial charge in [-0.15, -0.1) is 0 Å². The van der Waals surface area contributed by atoms with Gasteiger partial charge in [-0.05, 0) is 29.7 Å². The van der Waals surface area contributed by atoms with Crippen LogP contribution in [0.1, 0.15) is 12.8 Å². The molecule has 1 aliphatic rings. The summed E-state index contributed by atoms with van der Waals surface area (Å²) in [6, 6.07) is 17.3. The molecule has 2 aromatic carbocycles. The maximum atomic E-state index is 12.0. The van der Waals surface area contributed by atoms with Crippen molar-refractivity contribution in [1.82, 2.24) is 5.32 Å². The highest BCUT2D eigenvalue weighted by molar-refractivity contribution is 5.99. The summed E-state index contributed by atoms with van der Waals surface area (Å²) in [6.07, 6.45) is 0.984. The average Bonchev–Trinajstić information content (AvgIpc) is 2.96. The molecule has 4 nitrogen and oxygen atoms in total. The Morgan fingerprint density at radius 1 is 1.00 bits per heavy atom. The Hall–Kier alpha value is -2.62. The Morgan fingerprint density at radius 2 is 1.67 bits per heavy atom. The SMILES string of the molecule is O=C1CCC(C(=O)Nc2ccc(-c3ccccc3)cc2)N1. The average molecular weight is 280 g/mol. The van der Waals surface area contributed by atoms with E-state index in [1.807, 2.05) is 54.6 Å². The van der Waals surface area contributed by atoms with E-state index in [1.165, 1.54) is 0 Å². The number of nitrogens with one attached hydrogen (secondary N) is 2. The van der Waals surface area contributed by atoms with E-state index in [2.05, 4.69) is 10.6 Å². The summed E-state index contributed by atoms with van der Waals surface area (Å²) < 4.78 is 0. The van der Waals surface area contributed by atoms with E-state index in [0.717, 1.165) is 16.8 Å². The van der Waals surface area contributed by atoms with Gasteiger partial charge in [0.05, 0.1) is 0 Å². The first kappa shape index (κ1) is 13.4. The molecular weight excluding hydrogens is 264 g/mol. The quantitative estimate of drug-likeness (QED) is 0.908. The fourth-order valence-electron chi connectivity index (χ4n) is 2.42. The lowest BCUT2D eigenvalue weighted by Crippen LogP contribution is -2.37. The molecule has 2 amide bonds. The third kappa shape index (κ3) is 3.11. The van der Waals surface area contributed by atoms with Crippen molar-refractivity contribution in [3.63, 3.8) is 0 Å². The maximum Gasteiger partial charge on any atom is 0.246 e. The van der Waals surface area contributed by atoms with Crippen LogP contribution in [-0.4, -0.2) is 17.9 Å². The molecule has 1 unspecified atom stereocenters. The summed E-state index contributed by atoms with van der Waals surface area (Å²) in [7, 11) is 0. The number of amides is 2. The Kier molecular flexibility index (Phi) is 3.69. The molecule has 1 saturated heterocycles. The van der Waals surface area contributed by atoms with E-state index >= 15 is 0 Å². The van der Waals surface area contributed by atoms with Crippen molar-refractivity contribution >= 4 is 17.5 Å². The minimum atomic E-state index is -0.411. The molecule has 2 aromatic rings. The molecule has 106 valence electrons. The highest BCUT2D eigenvalue weighted by atomic mass is 16.2. The van der Waals surface area contributed by atoms with Crippen LogP contribution in [-0.2, 0) is 9.59 Å². The lowest BCUT2D eigenvalue weighted by atomic mass is 10.1. The van der Waals surface area contributed by atoms with Crippen LogP contribution < -0.4 is 10.6 Å². The topological polar surface area (TPSA) is 58.2 Å². The number of hydrogen-bond donors (Lipinski definition) is 2. The number of anilines is 1. The second-order valence-electron chi connectivity index (χ2n) is 5.09. The molecule has 1 fully saturated rings. The van der Waals surface area contributed by atoms with Crippen LogP contribution >= 0.6 is 0 Å². The third-order valence-electron chi connectivity index (χ3n) is 3.57. The minimum Gasteiger partial charge on any atom is -0.344 e. The van der Waals surface area contributed by atoms with Crippen LogP contribution in [0.15, 0.2) is 54.6 Å². The van der Waals surface area contributed by atoms with Gasteiger partial charge in [0.15, 0.2) is 0 Å². The van der Waals surface area contributed by atoms with E-state index in [-0.39, 0.29) is 11.8 Å². The summed E-state index contributed by atoms with van der Waals surface area (Å²) in [6.45, 7) is 0. The molecule has 0 aliphatic carbocycles. The van der Waals surface area contributed by atoms with Crippen molar-refractivity contribution in [3.05, 3.63) is 54.6 Å². The first-order chi connectivity index (χ1) is 10.2. The Balaban J connectivity index is 1.67. The lowest BCUT2D eigenvalue weighted by Gasteiger charge is -2.11. The summed E-state index contributed by atoms with van der Waals surface area (Å²) >= 11 is 0. The molecule has 1 heterocycles. The zero-order chi connectivity index (χ0) is 14.7. The maximum absolute atomic E-state index is 12.0. The lowest BCUT2D eigenvalue weighted by molar-refractivity contribution is -0.122. The molecule has 21 heavy (non-hydrogen) atoms. The molecule has 0 bridgehead atoms. The standard InChI is InChI=1S/C17H16N2O2/c20-16-11-10-15(19-16)17(21)18-14-8-6-13(7-9-14)12-4-2-1-3-5-12/h1-9,15H,10-11H2,(H,18,21)(H,19,20). The second kappa shape index (κ2) is 5.79. The first-order valence-corrected chi connectivity index (χ1v) is 6.98. The summed E-state index contributed by atoms with van der Waals surface area (Å²) in [4.78, 5) is 23.1. The largest absolute Gasteiger partial charge is 0.344 e. The van der Waals surface area contributed by atoms with Crippen molar-refractivity contribution in [2.24, 2.45) is 0 Å². The van der Waals surface area contributed by atoms with Gasteiger partial charge in [-0.3, -0.25) is 9.59 Å². The number of carbonyl (C=O) groups is 2. The number of carbonyl (C=O) groups excluding carboxylic acids is 2. The molecule has 0 spiro atoms. The van der Waals surface area contributed by atoms with Gasteiger partial charge < -0.3 is 10.6 Å². The van der Waals surface area contributed by atoms with Gasteiger partial charge in [0, 0.05) is 12.1 Å². The number of rotatable bonds is 3. The van der Waals surface area contributed by atoms with Gasteiger partial charge in [0.25, 0.3) is 0 Å². The van der Waals surface area contributed by atoms with Crippen molar-refractivity contribution < 1.29 is 9.59 Å². The second-order valence-corrected chi connectivity index (χ2v) is 5.09. The molecular formula is C17H16N2O2. The molecule has 1 atom stereocenters. The zero-order valence-corrected chi connectivity index (χ0v) is 11.5. The first-order valence-electron chi connectivity index (χ1n) is 6.98.